The Hall–Kier alpha value is 1.85. The zero-order valence-corrected chi connectivity index (χ0v) is 8.34. The van der Waals surface area contributed by atoms with Crippen LogP contribution in [-0.4, -0.2) is 9.05 Å². The summed E-state index contributed by atoms with van der Waals surface area (Å²) in [6.07, 6.45) is 0. The maximum atomic E-state index is 8.58. The van der Waals surface area contributed by atoms with E-state index in [2.05, 4.69) is 0 Å². The third kappa shape index (κ3) is 78.5. The monoisotopic (exact) mass is 238 g/mol. The van der Waals surface area contributed by atoms with Crippen LogP contribution in [0.4, 0.5) is 0 Å². The molecule has 0 atom stereocenters. The second kappa shape index (κ2) is 5.98. The molecule has 0 bridgehead atoms. The summed E-state index contributed by atoms with van der Waals surface area (Å²) in [5.74, 6) is 0. The molecule has 0 saturated heterocycles. The van der Waals surface area contributed by atoms with Gasteiger partial charge in [0.05, 0.1) is 0 Å². The topological polar surface area (TPSA) is 92.2 Å². The van der Waals surface area contributed by atoms with E-state index in [1.54, 1.807) is 0 Å². The molecular weight excluding hydrogens is 238 g/mol. The van der Waals surface area contributed by atoms with Crippen molar-refractivity contribution in [3.8, 4) is 0 Å². The van der Waals surface area contributed by atoms with Gasteiger partial charge in [-0.3, -0.25) is 0 Å². The van der Waals surface area contributed by atoms with E-state index in [1.807, 2.05) is 0 Å². The van der Waals surface area contributed by atoms with Gasteiger partial charge in [-0.2, -0.15) is 0 Å². The molecule has 4 nitrogen and oxygen atoms in total. The van der Waals surface area contributed by atoms with Crippen molar-refractivity contribution in [1.29, 1.82) is 0 Å². The summed E-state index contributed by atoms with van der Waals surface area (Å²) in [6.45, 7) is 0. The Morgan fingerprint density at radius 1 is 0.857 bits per heavy atom. The summed E-state index contributed by atoms with van der Waals surface area (Å²) >= 11 is 0. The minimum absolute atomic E-state index is 0. The fourth-order valence-electron chi connectivity index (χ4n) is 0. The fourth-order valence-corrected chi connectivity index (χ4v) is 0. The Kier molecular flexibility index (Phi) is 13.6. The van der Waals surface area contributed by atoms with Gasteiger partial charge in [0.2, 0.25) is 0 Å². The molecule has 0 aromatic carbocycles. The second-order valence-electron chi connectivity index (χ2n) is 0.500. The van der Waals surface area contributed by atoms with Crippen molar-refractivity contribution in [2.24, 2.45) is 0 Å². The molecule has 0 aromatic heterocycles. The van der Waals surface area contributed by atoms with E-state index < -0.39 is 9.05 Å². The van der Waals surface area contributed by atoms with Crippen LogP contribution in [0.3, 0.4) is 0 Å². The first-order valence-electron chi connectivity index (χ1n) is 0.816. The first-order chi connectivity index (χ1) is 2.00. The first-order valence-corrected chi connectivity index (χ1v) is 2.45. The SMILES string of the molecule is [La+3].[Li+].[O-][Si]([O-])([O-])[O-]. The minimum atomic E-state index is -5.61. The molecule has 0 amide bonds. The summed E-state index contributed by atoms with van der Waals surface area (Å²) in [4.78, 5) is 34.3. The van der Waals surface area contributed by atoms with E-state index in [0.717, 1.165) is 0 Å². The van der Waals surface area contributed by atoms with Gasteiger partial charge < -0.3 is 28.2 Å². The largest absolute Gasteiger partial charge is 3.00 e. The van der Waals surface area contributed by atoms with Crippen LogP contribution in [0.15, 0.2) is 0 Å². The van der Waals surface area contributed by atoms with E-state index in [9.17, 15) is 0 Å². The van der Waals surface area contributed by atoms with E-state index in [0.29, 0.717) is 0 Å². The Bertz CT molecular complexity index is 27.2. The number of rotatable bonds is 0. The summed E-state index contributed by atoms with van der Waals surface area (Å²) in [5, 5.41) is 0. The molecule has 32 valence electrons. The van der Waals surface area contributed by atoms with Crippen molar-refractivity contribution in [3.63, 3.8) is 0 Å². The van der Waals surface area contributed by atoms with Crippen LogP contribution in [-0.2, 0) is 0 Å². The molecule has 0 saturated carbocycles. The molecule has 7 heteroatoms. The van der Waals surface area contributed by atoms with Crippen LogP contribution in [0, 0.1) is 35.6 Å². The van der Waals surface area contributed by atoms with E-state index in [1.165, 1.54) is 0 Å². The van der Waals surface area contributed by atoms with Crippen LogP contribution in [0.2, 0.25) is 0 Å². The Morgan fingerprint density at radius 3 is 0.857 bits per heavy atom. The zero-order valence-electron chi connectivity index (χ0n) is 3.71. The fraction of sp³-hybridized carbons (Fsp3) is 0. The van der Waals surface area contributed by atoms with Crippen molar-refractivity contribution >= 4 is 9.05 Å². The zero-order chi connectivity index (χ0) is 4.50. The molecule has 0 aliphatic heterocycles. The smallest absolute Gasteiger partial charge is 0.894 e. The van der Waals surface area contributed by atoms with Crippen LogP contribution < -0.4 is 38.0 Å². The maximum absolute atomic E-state index is 8.58. The Balaban J connectivity index is -0.0000000800. The van der Waals surface area contributed by atoms with E-state index >= 15 is 0 Å². The van der Waals surface area contributed by atoms with Crippen LogP contribution in [0.5, 0.6) is 0 Å². The van der Waals surface area contributed by atoms with Gasteiger partial charge in [0, 0.05) is 0 Å². The Morgan fingerprint density at radius 2 is 0.857 bits per heavy atom. The number of hydrogen-bond donors (Lipinski definition) is 0. The summed E-state index contributed by atoms with van der Waals surface area (Å²) in [5.41, 5.74) is 0. The molecule has 0 fully saturated rings. The van der Waals surface area contributed by atoms with Crippen molar-refractivity contribution in [2.75, 3.05) is 0 Å². The molecule has 0 spiro atoms. The molecule has 0 aliphatic carbocycles. The molecule has 0 N–H and O–H groups in total. The van der Waals surface area contributed by atoms with Crippen LogP contribution in [0.25, 0.3) is 0 Å². The van der Waals surface area contributed by atoms with Gasteiger partial charge >= 0.3 is 54.5 Å². The van der Waals surface area contributed by atoms with Crippen LogP contribution in [0.1, 0.15) is 0 Å². The molecule has 0 aromatic rings. The van der Waals surface area contributed by atoms with Gasteiger partial charge in [-0.15, -0.1) is 0 Å². The number of hydrogen-bond acceptors (Lipinski definition) is 4. The third-order valence-electron chi connectivity index (χ3n) is 0. The summed E-state index contributed by atoms with van der Waals surface area (Å²) < 4.78 is 0. The van der Waals surface area contributed by atoms with E-state index in [4.69, 9.17) is 19.2 Å². The van der Waals surface area contributed by atoms with Gasteiger partial charge in [-0.1, -0.05) is 0 Å². The molecule has 7 heavy (non-hydrogen) atoms. The van der Waals surface area contributed by atoms with Gasteiger partial charge in [0.25, 0.3) is 0 Å². The minimum Gasteiger partial charge on any atom is -0.894 e. The molecule has 0 radical (unpaired) electrons. The van der Waals surface area contributed by atoms with Crippen LogP contribution >= 0.6 is 0 Å². The Labute approximate surface area is 81.8 Å². The predicted octanol–water partition coefficient (Wildman–Crippen LogP) is -8.13. The average Bonchev–Trinajstić information content (AvgIpc) is 0.722. The molecule has 0 heterocycles. The maximum Gasteiger partial charge on any atom is 3.00 e. The predicted molar refractivity (Wildman–Crippen MR) is 5.75 cm³/mol. The van der Waals surface area contributed by atoms with Crippen molar-refractivity contribution < 1.29 is 73.6 Å². The molecule has 0 unspecified atom stereocenters. The normalized spacial score (nSPS) is 8.57. The molecule has 0 rings (SSSR count). The van der Waals surface area contributed by atoms with Crippen molar-refractivity contribution in [2.45, 2.75) is 0 Å². The summed E-state index contributed by atoms with van der Waals surface area (Å²) in [7, 11) is -5.61. The first kappa shape index (κ1) is 15.9. The van der Waals surface area contributed by atoms with Crippen molar-refractivity contribution in [1.82, 2.24) is 0 Å². The third-order valence-corrected chi connectivity index (χ3v) is 0. The summed E-state index contributed by atoms with van der Waals surface area (Å²) in [6, 6.07) is 0. The van der Waals surface area contributed by atoms with E-state index in [-0.39, 0.29) is 54.5 Å². The second-order valence-corrected chi connectivity index (χ2v) is 1.50. The van der Waals surface area contributed by atoms with Gasteiger partial charge in [0.15, 0.2) is 0 Å². The van der Waals surface area contributed by atoms with Crippen molar-refractivity contribution in [3.05, 3.63) is 0 Å². The molecule has 0 aliphatic rings. The molecular formula is LaLiO4Si. The van der Waals surface area contributed by atoms with Gasteiger partial charge in [0.1, 0.15) is 0 Å². The van der Waals surface area contributed by atoms with Gasteiger partial charge in [-0.25, -0.2) is 0 Å². The quantitative estimate of drug-likeness (QED) is 0.392. The standard InChI is InChI=1S/La.Li.O4Si/c;;1-5(2,3)4/q+3;+1;-4. The van der Waals surface area contributed by atoms with Gasteiger partial charge in [-0.05, 0) is 0 Å². The average molecular weight is 238 g/mol.